The summed E-state index contributed by atoms with van der Waals surface area (Å²) in [7, 11) is 5.12. The van der Waals surface area contributed by atoms with Crippen LogP contribution >= 0.6 is 0 Å². The maximum Gasteiger partial charge on any atom is 0.270 e. The monoisotopic (exact) mass is 392 g/mol. The van der Waals surface area contributed by atoms with Gasteiger partial charge in [-0.05, 0) is 36.6 Å². The van der Waals surface area contributed by atoms with Gasteiger partial charge in [-0.3, -0.25) is 4.79 Å². The zero-order chi connectivity index (χ0) is 20.4. The van der Waals surface area contributed by atoms with Crippen LogP contribution in [0.4, 0.5) is 0 Å². The summed E-state index contributed by atoms with van der Waals surface area (Å²) in [6.07, 6.45) is 4.65. The minimum atomic E-state index is -0.00979. The molecule has 1 amide bonds. The number of rotatable bonds is 6. The third-order valence-electron chi connectivity index (χ3n) is 6.21. The van der Waals surface area contributed by atoms with Gasteiger partial charge in [-0.15, -0.1) is 0 Å². The Morgan fingerprint density at radius 3 is 2.45 bits per heavy atom. The van der Waals surface area contributed by atoms with Gasteiger partial charge in [0.05, 0.1) is 19.7 Å². The molecule has 0 unspecified atom stereocenters. The maximum atomic E-state index is 13.3. The second-order valence-electron chi connectivity index (χ2n) is 7.96. The highest BCUT2D eigenvalue weighted by molar-refractivity contribution is 6.00. The average Bonchev–Trinajstić information content (AvgIpc) is 3.40. The van der Waals surface area contributed by atoms with Crippen LogP contribution in [-0.2, 0) is 5.41 Å². The van der Waals surface area contributed by atoms with E-state index in [1.807, 2.05) is 36.2 Å². The third-order valence-corrected chi connectivity index (χ3v) is 6.21. The second-order valence-corrected chi connectivity index (χ2v) is 7.96. The SMILES string of the molecule is COc1ccc2[nH]c(C(=O)N(C)CC3(c4ccccc4)CCCC3)cc2c1OC. The van der Waals surface area contributed by atoms with E-state index in [1.165, 1.54) is 18.4 Å². The van der Waals surface area contributed by atoms with Gasteiger partial charge in [-0.25, -0.2) is 0 Å². The summed E-state index contributed by atoms with van der Waals surface area (Å²) in [6, 6.07) is 16.2. The molecule has 0 saturated heterocycles. The molecule has 1 heterocycles. The second kappa shape index (κ2) is 7.82. The number of fused-ring (bicyclic) bond motifs is 1. The molecule has 0 spiro atoms. The Labute approximate surface area is 171 Å². The quantitative estimate of drug-likeness (QED) is 0.657. The van der Waals surface area contributed by atoms with Crippen LogP contribution in [0.2, 0.25) is 0 Å². The minimum Gasteiger partial charge on any atom is -0.493 e. The van der Waals surface area contributed by atoms with Gasteiger partial charge < -0.3 is 19.4 Å². The molecule has 1 aliphatic rings. The maximum absolute atomic E-state index is 13.3. The fraction of sp³-hybridized carbons (Fsp3) is 0.375. The molecule has 0 bridgehead atoms. The number of likely N-dealkylation sites (N-methyl/N-ethyl adjacent to an activating group) is 1. The number of hydrogen-bond acceptors (Lipinski definition) is 3. The summed E-state index contributed by atoms with van der Waals surface area (Å²) in [4.78, 5) is 18.4. The topological polar surface area (TPSA) is 54.6 Å². The van der Waals surface area contributed by atoms with Crippen molar-refractivity contribution in [1.29, 1.82) is 0 Å². The van der Waals surface area contributed by atoms with E-state index in [2.05, 4.69) is 29.2 Å². The molecule has 4 rings (SSSR count). The van der Waals surface area contributed by atoms with Crippen molar-refractivity contribution in [2.45, 2.75) is 31.1 Å². The lowest BCUT2D eigenvalue weighted by Crippen LogP contribution is -2.40. The molecule has 1 fully saturated rings. The summed E-state index contributed by atoms with van der Waals surface area (Å²) in [6.45, 7) is 0.714. The van der Waals surface area contributed by atoms with Crippen LogP contribution in [0.15, 0.2) is 48.5 Å². The number of H-pyrrole nitrogens is 1. The first-order chi connectivity index (χ1) is 14.1. The fourth-order valence-electron chi connectivity index (χ4n) is 4.76. The minimum absolute atomic E-state index is 0.00979. The van der Waals surface area contributed by atoms with Crippen LogP contribution in [0.1, 0.15) is 41.7 Å². The lowest BCUT2D eigenvalue weighted by molar-refractivity contribution is 0.0753. The third kappa shape index (κ3) is 3.46. The number of carbonyl (C=O) groups excluding carboxylic acids is 1. The summed E-state index contributed by atoms with van der Waals surface area (Å²) in [5.41, 5.74) is 2.80. The van der Waals surface area contributed by atoms with E-state index in [0.717, 1.165) is 23.7 Å². The van der Waals surface area contributed by atoms with E-state index in [0.29, 0.717) is 23.7 Å². The molecule has 2 aromatic carbocycles. The Hall–Kier alpha value is -2.95. The lowest BCUT2D eigenvalue weighted by atomic mass is 9.78. The van der Waals surface area contributed by atoms with Gasteiger partial charge in [0.15, 0.2) is 11.5 Å². The Balaban J connectivity index is 1.62. The fourth-order valence-corrected chi connectivity index (χ4v) is 4.76. The molecule has 5 nitrogen and oxygen atoms in total. The van der Waals surface area contributed by atoms with Crippen molar-refractivity contribution in [2.75, 3.05) is 27.8 Å². The van der Waals surface area contributed by atoms with Crippen LogP contribution in [0.5, 0.6) is 11.5 Å². The summed E-state index contributed by atoms with van der Waals surface area (Å²) in [5.74, 6) is 1.28. The van der Waals surface area contributed by atoms with E-state index in [4.69, 9.17) is 9.47 Å². The van der Waals surface area contributed by atoms with E-state index >= 15 is 0 Å². The van der Waals surface area contributed by atoms with Gasteiger partial charge in [0.1, 0.15) is 5.69 Å². The molecule has 3 aromatic rings. The van der Waals surface area contributed by atoms with Crippen molar-refractivity contribution in [2.24, 2.45) is 0 Å². The van der Waals surface area contributed by atoms with Crippen LogP contribution in [0.25, 0.3) is 10.9 Å². The number of amides is 1. The molecule has 1 N–H and O–H groups in total. The van der Waals surface area contributed by atoms with Crippen LogP contribution in [-0.4, -0.2) is 43.6 Å². The average molecular weight is 392 g/mol. The van der Waals surface area contributed by atoms with Crippen molar-refractivity contribution in [3.05, 3.63) is 59.8 Å². The van der Waals surface area contributed by atoms with E-state index < -0.39 is 0 Å². The van der Waals surface area contributed by atoms with Gasteiger partial charge >= 0.3 is 0 Å². The molecule has 1 aromatic heterocycles. The molecular formula is C24H28N2O3. The predicted molar refractivity (Wildman–Crippen MR) is 115 cm³/mol. The first-order valence-corrected chi connectivity index (χ1v) is 10.1. The number of carbonyl (C=O) groups is 1. The van der Waals surface area contributed by atoms with E-state index in [1.54, 1.807) is 14.2 Å². The number of hydrogen-bond donors (Lipinski definition) is 1. The molecule has 29 heavy (non-hydrogen) atoms. The summed E-state index contributed by atoms with van der Waals surface area (Å²) in [5, 5.41) is 0.849. The van der Waals surface area contributed by atoms with Crippen LogP contribution in [0.3, 0.4) is 0 Å². The van der Waals surface area contributed by atoms with Gasteiger partial charge in [-0.2, -0.15) is 0 Å². The number of methoxy groups -OCH3 is 2. The molecule has 0 radical (unpaired) electrons. The van der Waals surface area contributed by atoms with Gasteiger partial charge in [0, 0.05) is 24.4 Å². The zero-order valence-electron chi connectivity index (χ0n) is 17.3. The number of ether oxygens (including phenoxy) is 2. The molecule has 0 aliphatic heterocycles. The number of nitrogens with zero attached hydrogens (tertiary/aromatic N) is 1. The number of aromatic amines is 1. The van der Waals surface area contributed by atoms with Crippen LogP contribution < -0.4 is 9.47 Å². The van der Waals surface area contributed by atoms with Crippen molar-refractivity contribution < 1.29 is 14.3 Å². The summed E-state index contributed by atoms with van der Waals surface area (Å²) < 4.78 is 10.9. The molecule has 0 atom stereocenters. The Bertz CT molecular complexity index is 1000. The lowest BCUT2D eigenvalue weighted by Gasteiger charge is -2.34. The zero-order valence-corrected chi connectivity index (χ0v) is 17.3. The number of nitrogens with one attached hydrogen (secondary N) is 1. The van der Waals surface area contributed by atoms with Gasteiger partial charge in [-0.1, -0.05) is 43.2 Å². The van der Waals surface area contributed by atoms with Crippen molar-refractivity contribution in [1.82, 2.24) is 9.88 Å². The molecule has 152 valence electrons. The first kappa shape index (κ1) is 19.4. The van der Waals surface area contributed by atoms with Crippen molar-refractivity contribution in [3.8, 4) is 11.5 Å². The number of benzene rings is 2. The smallest absolute Gasteiger partial charge is 0.270 e. The van der Waals surface area contributed by atoms with Crippen molar-refractivity contribution in [3.63, 3.8) is 0 Å². The van der Waals surface area contributed by atoms with E-state index in [-0.39, 0.29) is 11.3 Å². The van der Waals surface area contributed by atoms with Crippen molar-refractivity contribution >= 4 is 16.8 Å². The van der Waals surface area contributed by atoms with Gasteiger partial charge in [0.25, 0.3) is 5.91 Å². The Morgan fingerprint density at radius 1 is 1.07 bits per heavy atom. The molecular weight excluding hydrogens is 364 g/mol. The normalized spacial score (nSPS) is 15.4. The standard InChI is InChI=1S/C24H28N2O3/c1-26(16-24(13-7-8-14-24)17-9-5-4-6-10-17)23(27)20-15-18-19(25-20)11-12-21(28-2)22(18)29-3/h4-6,9-12,15,25H,7-8,13-14,16H2,1-3H3. The Kier molecular flexibility index (Phi) is 5.22. The van der Waals surface area contributed by atoms with E-state index in [9.17, 15) is 4.79 Å². The largest absolute Gasteiger partial charge is 0.493 e. The summed E-state index contributed by atoms with van der Waals surface area (Å²) >= 11 is 0. The Morgan fingerprint density at radius 2 is 1.79 bits per heavy atom. The highest BCUT2D eigenvalue weighted by Gasteiger charge is 2.37. The van der Waals surface area contributed by atoms with Crippen LogP contribution in [0, 0.1) is 0 Å². The predicted octanol–water partition coefficient (Wildman–Crippen LogP) is 4.77. The first-order valence-electron chi connectivity index (χ1n) is 10.1. The highest BCUT2D eigenvalue weighted by Crippen LogP contribution is 2.42. The number of aromatic nitrogens is 1. The molecule has 5 heteroatoms. The highest BCUT2D eigenvalue weighted by atomic mass is 16.5. The molecule has 1 saturated carbocycles. The van der Waals surface area contributed by atoms with Gasteiger partial charge in [0.2, 0.25) is 0 Å². The molecule has 1 aliphatic carbocycles.